The van der Waals surface area contributed by atoms with Gasteiger partial charge in [0.1, 0.15) is 6.10 Å². The number of carbonyl (C=O) groups excluding carboxylic acids is 1. The third kappa shape index (κ3) is 7.13. The topological polar surface area (TPSA) is 75.6 Å². The van der Waals surface area contributed by atoms with Crippen LogP contribution < -0.4 is 14.8 Å². The van der Waals surface area contributed by atoms with Gasteiger partial charge in [0.05, 0.1) is 14.2 Å². The van der Waals surface area contributed by atoms with Crippen LogP contribution in [0.5, 0.6) is 11.5 Å². The van der Waals surface area contributed by atoms with Crippen molar-refractivity contribution in [3.63, 3.8) is 0 Å². The molecular weight excluding hydrogens is 523 g/mol. The van der Waals surface area contributed by atoms with Crippen LogP contribution in [0.3, 0.4) is 0 Å². The normalized spacial score (nSPS) is 18.8. The van der Waals surface area contributed by atoms with Gasteiger partial charge in [-0.05, 0) is 50.3 Å². The van der Waals surface area contributed by atoms with Gasteiger partial charge in [0.25, 0.3) is 5.91 Å². The number of amides is 1. The van der Waals surface area contributed by atoms with Crippen LogP contribution in [-0.2, 0) is 16.0 Å². The Kier molecular flexibility index (Phi) is 11.4. The number of hydrogen-bond donors (Lipinski definition) is 1. The van der Waals surface area contributed by atoms with Gasteiger partial charge in [-0.2, -0.15) is 0 Å². The molecular formula is C23H37IN4O4. The average molecular weight is 560 g/mol. The minimum Gasteiger partial charge on any atom is -0.493 e. The van der Waals surface area contributed by atoms with Gasteiger partial charge in [-0.1, -0.05) is 6.07 Å². The number of aryl methyl sites for hydroxylation is 1. The van der Waals surface area contributed by atoms with Crippen molar-refractivity contribution in [1.82, 2.24) is 15.1 Å². The van der Waals surface area contributed by atoms with Gasteiger partial charge >= 0.3 is 0 Å². The Hall–Kier alpha value is -1.75. The highest BCUT2D eigenvalue weighted by Gasteiger charge is 2.30. The zero-order valence-corrected chi connectivity index (χ0v) is 21.8. The Morgan fingerprint density at radius 1 is 1.16 bits per heavy atom. The number of nitrogens with zero attached hydrogens (tertiary/aromatic N) is 3. The molecule has 0 radical (unpaired) electrons. The number of hydrogen-bond acceptors (Lipinski definition) is 5. The monoisotopic (exact) mass is 560 g/mol. The smallest absolute Gasteiger partial charge is 0.251 e. The third-order valence-electron chi connectivity index (χ3n) is 5.76. The van der Waals surface area contributed by atoms with Crippen molar-refractivity contribution in [2.75, 3.05) is 60.1 Å². The molecule has 180 valence electrons. The molecule has 0 aromatic heterocycles. The molecule has 1 aromatic carbocycles. The Morgan fingerprint density at radius 3 is 2.50 bits per heavy atom. The summed E-state index contributed by atoms with van der Waals surface area (Å²) in [5.41, 5.74) is 1.21. The van der Waals surface area contributed by atoms with Crippen LogP contribution in [0.25, 0.3) is 0 Å². The third-order valence-corrected chi connectivity index (χ3v) is 5.76. The number of benzene rings is 1. The van der Waals surface area contributed by atoms with Crippen molar-refractivity contribution in [2.24, 2.45) is 4.99 Å². The molecule has 0 bridgehead atoms. The van der Waals surface area contributed by atoms with E-state index in [0.717, 1.165) is 82.4 Å². The summed E-state index contributed by atoms with van der Waals surface area (Å²) in [5, 5.41) is 3.39. The molecule has 0 aliphatic carbocycles. The van der Waals surface area contributed by atoms with Crippen LogP contribution in [0.2, 0.25) is 0 Å². The summed E-state index contributed by atoms with van der Waals surface area (Å²) in [5.74, 6) is 2.58. The van der Waals surface area contributed by atoms with Gasteiger partial charge in [0, 0.05) is 45.9 Å². The second-order valence-corrected chi connectivity index (χ2v) is 7.84. The number of carbonyl (C=O) groups is 1. The quantitative estimate of drug-likeness (QED) is 0.228. The molecule has 1 N–H and O–H groups in total. The Labute approximate surface area is 208 Å². The highest BCUT2D eigenvalue weighted by Crippen LogP contribution is 2.28. The molecule has 1 aromatic rings. The van der Waals surface area contributed by atoms with Crippen molar-refractivity contribution >= 4 is 35.8 Å². The number of aliphatic imine (C=N–C) groups is 1. The highest BCUT2D eigenvalue weighted by molar-refractivity contribution is 14.0. The second-order valence-electron chi connectivity index (χ2n) is 7.84. The number of guanidine groups is 1. The summed E-state index contributed by atoms with van der Waals surface area (Å²) in [7, 11) is 3.30. The van der Waals surface area contributed by atoms with Crippen molar-refractivity contribution < 1.29 is 19.0 Å². The number of methoxy groups -OCH3 is 2. The maximum absolute atomic E-state index is 12.6. The minimum atomic E-state index is -0.231. The largest absolute Gasteiger partial charge is 0.493 e. The molecule has 2 saturated heterocycles. The summed E-state index contributed by atoms with van der Waals surface area (Å²) in [4.78, 5) is 21.6. The lowest BCUT2D eigenvalue weighted by Crippen LogP contribution is -2.55. The maximum Gasteiger partial charge on any atom is 0.251 e. The Bertz CT molecular complexity index is 748. The molecule has 32 heavy (non-hydrogen) atoms. The number of piperazine rings is 1. The molecule has 3 rings (SSSR count). The number of nitrogens with one attached hydrogen (secondary N) is 1. The molecule has 2 heterocycles. The first kappa shape index (κ1) is 26.5. The summed E-state index contributed by atoms with van der Waals surface area (Å²) < 4.78 is 16.2. The lowest BCUT2D eigenvalue weighted by molar-refractivity contribution is -0.142. The van der Waals surface area contributed by atoms with Gasteiger partial charge in [-0.3, -0.25) is 9.79 Å². The number of ether oxygens (including phenoxy) is 3. The van der Waals surface area contributed by atoms with E-state index in [1.165, 1.54) is 5.56 Å². The van der Waals surface area contributed by atoms with Crippen LogP contribution in [0.4, 0.5) is 0 Å². The summed E-state index contributed by atoms with van der Waals surface area (Å²) in [6, 6.07) is 6.04. The van der Waals surface area contributed by atoms with E-state index in [9.17, 15) is 4.79 Å². The molecule has 8 nitrogen and oxygen atoms in total. The van der Waals surface area contributed by atoms with Crippen LogP contribution in [0.15, 0.2) is 23.2 Å². The van der Waals surface area contributed by atoms with Crippen molar-refractivity contribution in [1.29, 1.82) is 0 Å². The zero-order valence-electron chi connectivity index (χ0n) is 19.5. The van der Waals surface area contributed by atoms with Crippen LogP contribution >= 0.6 is 24.0 Å². The fourth-order valence-corrected chi connectivity index (χ4v) is 4.04. The lowest BCUT2D eigenvalue weighted by Gasteiger charge is -2.37. The van der Waals surface area contributed by atoms with E-state index in [-0.39, 0.29) is 36.0 Å². The number of halogens is 1. The summed E-state index contributed by atoms with van der Waals surface area (Å²) >= 11 is 0. The standard InChI is InChI=1S/C23H36N4O4.HI/c1-4-24-23(25-11-5-7-18-9-10-19(29-2)21(17-18)30-3)27-14-12-26(13-15-27)22(28)20-8-6-16-31-20;/h9-10,17,20H,4-8,11-16H2,1-3H3,(H,24,25);1H. The van der Waals surface area contributed by atoms with E-state index >= 15 is 0 Å². The van der Waals surface area contributed by atoms with Crippen LogP contribution in [-0.4, -0.2) is 87.9 Å². The van der Waals surface area contributed by atoms with Gasteiger partial charge in [-0.15, -0.1) is 24.0 Å². The fourth-order valence-electron chi connectivity index (χ4n) is 4.04. The minimum absolute atomic E-state index is 0. The summed E-state index contributed by atoms with van der Waals surface area (Å²) in [6.45, 7) is 7.37. The van der Waals surface area contributed by atoms with E-state index < -0.39 is 0 Å². The van der Waals surface area contributed by atoms with E-state index in [2.05, 4.69) is 23.2 Å². The van der Waals surface area contributed by atoms with E-state index in [1.54, 1.807) is 14.2 Å². The first-order chi connectivity index (χ1) is 15.2. The molecule has 0 saturated carbocycles. The molecule has 1 unspecified atom stereocenters. The molecule has 1 atom stereocenters. The van der Waals surface area contributed by atoms with Gasteiger partial charge < -0.3 is 29.3 Å². The van der Waals surface area contributed by atoms with E-state index in [4.69, 9.17) is 19.2 Å². The fraction of sp³-hybridized carbons (Fsp3) is 0.652. The SMILES string of the molecule is CCNC(=NCCCc1ccc(OC)c(OC)c1)N1CCN(C(=O)C2CCCO2)CC1.I. The lowest BCUT2D eigenvalue weighted by atomic mass is 10.1. The van der Waals surface area contributed by atoms with E-state index in [1.807, 2.05) is 17.0 Å². The predicted molar refractivity (Wildman–Crippen MR) is 136 cm³/mol. The molecule has 9 heteroatoms. The van der Waals surface area contributed by atoms with Gasteiger partial charge in [0.2, 0.25) is 0 Å². The van der Waals surface area contributed by atoms with Gasteiger partial charge in [-0.25, -0.2) is 0 Å². The molecule has 2 aliphatic rings. The summed E-state index contributed by atoms with van der Waals surface area (Å²) in [6.07, 6.45) is 3.47. The van der Waals surface area contributed by atoms with Crippen molar-refractivity contribution in [2.45, 2.75) is 38.7 Å². The van der Waals surface area contributed by atoms with E-state index in [0.29, 0.717) is 6.61 Å². The van der Waals surface area contributed by atoms with Crippen molar-refractivity contribution in [3.05, 3.63) is 23.8 Å². The average Bonchev–Trinajstić information content (AvgIpc) is 3.35. The zero-order chi connectivity index (χ0) is 22.1. The van der Waals surface area contributed by atoms with Crippen LogP contribution in [0, 0.1) is 0 Å². The highest BCUT2D eigenvalue weighted by atomic mass is 127. The molecule has 2 fully saturated rings. The van der Waals surface area contributed by atoms with Crippen LogP contribution in [0.1, 0.15) is 31.7 Å². The van der Waals surface area contributed by atoms with Crippen molar-refractivity contribution in [3.8, 4) is 11.5 Å². The predicted octanol–water partition coefficient (Wildman–Crippen LogP) is 2.54. The van der Waals surface area contributed by atoms with Gasteiger partial charge in [0.15, 0.2) is 17.5 Å². The first-order valence-corrected chi connectivity index (χ1v) is 11.3. The molecule has 1 amide bonds. The maximum atomic E-state index is 12.6. The molecule has 2 aliphatic heterocycles. The molecule has 0 spiro atoms. The Balaban J connectivity index is 0.00000363. The number of rotatable bonds is 8. The second kappa shape index (κ2) is 13.7. The first-order valence-electron chi connectivity index (χ1n) is 11.3. The Morgan fingerprint density at radius 2 is 1.88 bits per heavy atom.